The van der Waals surface area contributed by atoms with Gasteiger partial charge in [-0.25, -0.2) is 0 Å². The minimum absolute atomic E-state index is 0.375. The third-order valence-corrected chi connectivity index (χ3v) is 16.4. The molecule has 0 saturated heterocycles. The first-order valence-electron chi connectivity index (χ1n) is 28.8. The fourth-order valence-electron chi connectivity index (χ4n) is 12.7. The van der Waals surface area contributed by atoms with E-state index < -0.39 is 0 Å². The molecule has 3 aliphatic heterocycles. The number of rotatable bonds is 13. The molecule has 0 saturated carbocycles. The molecule has 0 aliphatic carbocycles. The monoisotopic (exact) mass is 1070 g/mol. The van der Waals surface area contributed by atoms with Crippen molar-refractivity contribution in [3.8, 4) is 56.4 Å². The van der Waals surface area contributed by atoms with Gasteiger partial charge in [0.1, 0.15) is 0 Å². The van der Waals surface area contributed by atoms with Crippen LogP contribution in [0.2, 0.25) is 0 Å². The fraction of sp³-hybridized carbons (Fsp3) is 0.0526. The van der Waals surface area contributed by atoms with E-state index in [1.54, 1.807) is 0 Å². The van der Waals surface area contributed by atoms with Gasteiger partial charge < -0.3 is 29.0 Å². The fourth-order valence-corrected chi connectivity index (χ4v) is 12.7. The first-order chi connectivity index (χ1) is 41.1. The molecule has 12 aromatic carbocycles. The summed E-state index contributed by atoms with van der Waals surface area (Å²) in [6.07, 6.45) is 3.20. The highest BCUT2D eigenvalue weighted by Crippen LogP contribution is 2.55. The zero-order valence-electron chi connectivity index (χ0n) is 46.0. The summed E-state index contributed by atoms with van der Waals surface area (Å²) in [7, 11) is 0. The number of unbranched alkanes of at least 4 members (excludes halogenated alkanes) is 1. The van der Waals surface area contributed by atoms with Gasteiger partial charge >= 0.3 is 6.85 Å². The molecule has 7 heteroatoms. The van der Waals surface area contributed by atoms with Gasteiger partial charge in [0.2, 0.25) is 0 Å². The molecule has 6 nitrogen and oxygen atoms in total. The van der Waals surface area contributed by atoms with E-state index >= 15 is 0 Å². The minimum Gasteiger partial charge on any atom is -0.450 e. The van der Waals surface area contributed by atoms with Crippen molar-refractivity contribution in [2.75, 3.05) is 19.5 Å². The van der Waals surface area contributed by atoms with Crippen LogP contribution in [0.3, 0.4) is 0 Å². The highest BCUT2D eigenvalue weighted by atomic mass is 16.6. The lowest BCUT2D eigenvalue weighted by atomic mass is 9.43. The number of nitrogens with zero attached hydrogens (tertiary/aromatic N) is 4. The third kappa shape index (κ3) is 8.86. The summed E-state index contributed by atoms with van der Waals surface area (Å²) >= 11 is 0. The topological polar surface area (TPSA) is 31.4 Å². The number of aryl methyl sites for hydroxylation is 1. The van der Waals surface area contributed by atoms with E-state index in [1.807, 2.05) is 24.3 Å². The van der Waals surface area contributed by atoms with E-state index in [4.69, 9.17) is 9.47 Å². The second-order valence-corrected chi connectivity index (χ2v) is 21.5. The van der Waals surface area contributed by atoms with Crippen LogP contribution in [0.4, 0.5) is 62.6 Å². The number of benzene rings is 12. The van der Waals surface area contributed by atoms with E-state index in [1.165, 1.54) is 11.0 Å². The zero-order chi connectivity index (χ0) is 55.2. The summed E-state index contributed by atoms with van der Waals surface area (Å²) in [5.41, 5.74) is 21.9. The second kappa shape index (κ2) is 21.2. The molecule has 0 atom stereocenters. The Kier molecular flexibility index (Phi) is 12.6. The third-order valence-electron chi connectivity index (χ3n) is 16.4. The van der Waals surface area contributed by atoms with Gasteiger partial charge in [-0.05, 0) is 161 Å². The van der Waals surface area contributed by atoms with Crippen LogP contribution < -0.4 is 39.9 Å². The predicted octanol–water partition coefficient (Wildman–Crippen LogP) is 19.9. The van der Waals surface area contributed by atoms with Gasteiger partial charge in [0, 0.05) is 79.6 Å². The zero-order valence-corrected chi connectivity index (χ0v) is 46.0. The molecule has 0 unspecified atom stereocenters. The summed E-state index contributed by atoms with van der Waals surface area (Å²) in [5, 5.41) is 0. The SMILES string of the molecule is CCCCc1ccc(N2c3cc4c(cc3B3c5c(cc(N(c6ccccc6)c6ccccc6)cc52)-c2cc(N(c5ccccc5)c5ccccc5)ccc2N3c2ccccc2-c2ccccc2)Oc2ccccc2O4)c(-c2ccccc2)c1. The molecular weight excluding hydrogens is 1010 g/mol. The Morgan fingerprint density at radius 2 is 0.819 bits per heavy atom. The van der Waals surface area contributed by atoms with Crippen LogP contribution in [0.5, 0.6) is 23.0 Å². The quantitative estimate of drug-likeness (QED) is 0.107. The molecule has 83 heavy (non-hydrogen) atoms. The molecule has 396 valence electrons. The Bertz CT molecular complexity index is 4260. The van der Waals surface area contributed by atoms with E-state index in [9.17, 15) is 0 Å². The number of anilines is 11. The molecule has 0 fully saturated rings. The Labute approximate surface area is 486 Å². The van der Waals surface area contributed by atoms with Crippen molar-refractivity contribution in [1.82, 2.24) is 0 Å². The Balaban J connectivity index is 1.09. The van der Waals surface area contributed by atoms with Crippen LogP contribution in [-0.4, -0.2) is 6.85 Å². The Hall–Kier alpha value is -10.5. The lowest BCUT2D eigenvalue weighted by Crippen LogP contribution is -2.61. The first kappa shape index (κ1) is 49.5. The molecule has 15 rings (SSSR count). The van der Waals surface area contributed by atoms with E-state index in [0.717, 1.165) is 121 Å². The average Bonchev–Trinajstić information content (AvgIpc) is 3.71. The van der Waals surface area contributed by atoms with Gasteiger partial charge in [0.25, 0.3) is 0 Å². The molecule has 3 heterocycles. The lowest BCUT2D eigenvalue weighted by molar-refractivity contribution is 0.360. The van der Waals surface area contributed by atoms with Crippen molar-refractivity contribution < 1.29 is 9.47 Å². The predicted molar refractivity (Wildman–Crippen MR) is 346 cm³/mol. The maximum absolute atomic E-state index is 6.96. The van der Waals surface area contributed by atoms with Crippen molar-refractivity contribution in [2.45, 2.75) is 26.2 Å². The van der Waals surface area contributed by atoms with Crippen LogP contribution in [0.1, 0.15) is 25.3 Å². The highest BCUT2D eigenvalue weighted by molar-refractivity contribution is 6.93. The number of hydrogen-bond donors (Lipinski definition) is 0. The van der Waals surface area contributed by atoms with Gasteiger partial charge in [-0.1, -0.05) is 183 Å². The van der Waals surface area contributed by atoms with Gasteiger partial charge in [0.05, 0.1) is 5.69 Å². The summed E-state index contributed by atoms with van der Waals surface area (Å²) in [6.45, 7) is 1.89. The maximum Gasteiger partial charge on any atom is 0.333 e. The van der Waals surface area contributed by atoms with Gasteiger partial charge in [-0.3, -0.25) is 0 Å². The molecule has 0 spiro atoms. The number of fused-ring (bicyclic) bond motifs is 6. The molecule has 12 aromatic rings. The molecule has 0 amide bonds. The highest BCUT2D eigenvalue weighted by Gasteiger charge is 2.47. The van der Waals surface area contributed by atoms with E-state index in [0.29, 0.717) is 23.0 Å². The average molecular weight is 1070 g/mol. The molecular formula is C76H57BN4O2. The van der Waals surface area contributed by atoms with Crippen molar-refractivity contribution >= 4 is 80.3 Å². The van der Waals surface area contributed by atoms with Crippen molar-refractivity contribution in [3.05, 3.63) is 297 Å². The van der Waals surface area contributed by atoms with Crippen LogP contribution in [0.15, 0.2) is 291 Å². The van der Waals surface area contributed by atoms with Gasteiger partial charge in [-0.15, -0.1) is 0 Å². The number of hydrogen-bond acceptors (Lipinski definition) is 6. The minimum atomic E-state index is -0.375. The molecule has 3 aliphatic rings. The van der Waals surface area contributed by atoms with Crippen LogP contribution in [0, 0.1) is 0 Å². The molecule has 0 aromatic heterocycles. The number of ether oxygens (including phenoxy) is 2. The van der Waals surface area contributed by atoms with Crippen molar-refractivity contribution in [2.24, 2.45) is 0 Å². The number of para-hydroxylation sites is 7. The summed E-state index contributed by atoms with van der Waals surface area (Å²) in [4.78, 5) is 9.93. The van der Waals surface area contributed by atoms with Gasteiger partial charge in [-0.2, -0.15) is 0 Å². The van der Waals surface area contributed by atoms with E-state index in [-0.39, 0.29) is 6.85 Å². The smallest absolute Gasteiger partial charge is 0.333 e. The lowest BCUT2D eigenvalue weighted by Gasteiger charge is -2.47. The molecule has 0 bridgehead atoms. The molecule has 0 N–H and O–H groups in total. The summed E-state index contributed by atoms with van der Waals surface area (Å²) in [5.74, 6) is 2.69. The normalized spacial score (nSPS) is 12.4. The van der Waals surface area contributed by atoms with Crippen LogP contribution in [-0.2, 0) is 6.42 Å². The van der Waals surface area contributed by atoms with Gasteiger partial charge in [0.15, 0.2) is 23.0 Å². The standard InChI is InChI=1S/C76H57BN4O2/c1-2-3-26-53-43-45-67(63(47-53)55-29-12-5-13-30-55)80-70-52-75-74(82-72-41-24-25-42-73(72)83-75)51-66(70)77-76-65(49-61(50-71(76)80)79(58-35-18-8-19-36-58)59-37-20-9-21-38-59)64-48-60(78(56-31-14-6-15-32-56)57-33-16-7-17-34-57)44-46-69(64)81(77)68-40-23-22-39-62(68)54-27-10-4-11-28-54/h4-25,27-52H,2-3,26H2,1H3. The Morgan fingerprint density at radius 1 is 0.337 bits per heavy atom. The molecule has 0 radical (unpaired) electrons. The van der Waals surface area contributed by atoms with E-state index in [2.05, 4.69) is 293 Å². The van der Waals surface area contributed by atoms with Crippen molar-refractivity contribution in [3.63, 3.8) is 0 Å². The largest absolute Gasteiger partial charge is 0.450 e. The van der Waals surface area contributed by atoms with Crippen LogP contribution in [0.25, 0.3) is 33.4 Å². The maximum atomic E-state index is 6.96. The second-order valence-electron chi connectivity index (χ2n) is 21.5. The van der Waals surface area contributed by atoms with Crippen molar-refractivity contribution in [1.29, 1.82) is 0 Å². The summed E-state index contributed by atoms with van der Waals surface area (Å²) in [6, 6.07) is 105. The van der Waals surface area contributed by atoms with Crippen LogP contribution >= 0.6 is 0 Å². The summed E-state index contributed by atoms with van der Waals surface area (Å²) < 4.78 is 13.9. The first-order valence-corrected chi connectivity index (χ1v) is 28.8. The Morgan fingerprint density at radius 3 is 1.41 bits per heavy atom.